The van der Waals surface area contributed by atoms with Crippen LogP contribution in [0.5, 0.6) is 5.75 Å². The Hall–Kier alpha value is -2.46. The van der Waals surface area contributed by atoms with Crippen LogP contribution < -0.4 is 21.3 Å². The van der Waals surface area contributed by atoms with E-state index in [4.69, 9.17) is 16.3 Å². The molecule has 4 N–H and O–H groups in total. The molecule has 2 rings (SSSR count). The Labute approximate surface area is 132 Å². The smallest absolute Gasteiger partial charge is 0.118 e. The predicted molar refractivity (Wildman–Crippen MR) is 92.4 cm³/mol. The molecule has 0 saturated carbocycles. The molecular weight excluding hydrogens is 274 g/mol. The van der Waals surface area contributed by atoms with Crippen molar-refractivity contribution in [2.75, 3.05) is 12.1 Å². The number of hydrogen-bond donors (Lipinski definition) is 2. The highest BCUT2D eigenvalue weighted by Crippen LogP contribution is 2.21. The first kappa shape index (κ1) is 15.9. The van der Waals surface area contributed by atoms with E-state index in [0.717, 1.165) is 17.0 Å². The zero-order valence-electron chi connectivity index (χ0n) is 13.3. The van der Waals surface area contributed by atoms with Gasteiger partial charge in [-0.2, -0.15) is 0 Å². The van der Waals surface area contributed by atoms with Crippen molar-refractivity contribution >= 4 is 11.4 Å². The monoisotopic (exact) mass is 297 g/mol. The predicted octanol–water partition coefficient (Wildman–Crippen LogP) is 3.46. The fraction of sp³-hybridized carbons (Fsp3) is 0.222. The molecule has 0 bridgehead atoms. The number of methoxy groups -OCH3 is 1. The molecule has 0 unspecified atom stereocenters. The molecule has 2 aromatic carbocycles. The standard InChI is InChI=1S/C18H23N3O/c1-13(2)15-5-4-6-16(11-15)21(20)12-18(19)14-7-9-17(22-3)10-8-14/h4-13H,19-20H2,1-3H3/b18-12-. The minimum absolute atomic E-state index is 0.455. The van der Waals surface area contributed by atoms with Crippen LogP contribution in [0.1, 0.15) is 30.9 Å². The Bertz CT molecular complexity index is 648. The third-order valence-electron chi connectivity index (χ3n) is 3.54. The van der Waals surface area contributed by atoms with Crippen LogP contribution in [-0.4, -0.2) is 7.11 Å². The van der Waals surface area contributed by atoms with Crippen LogP contribution in [0.25, 0.3) is 5.70 Å². The summed E-state index contributed by atoms with van der Waals surface area (Å²) in [6.45, 7) is 4.31. The maximum Gasteiger partial charge on any atom is 0.118 e. The second kappa shape index (κ2) is 7.00. The van der Waals surface area contributed by atoms with Crippen molar-refractivity contribution in [3.05, 3.63) is 65.9 Å². The molecule has 0 amide bonds. The summed E-state index contributed by atoms with van der Waals surface area (Å²) in [4.78, 5) is 0. The Morgan fingerprint density at radius 2 is 1.82 bits per heavy atom. The molecule has 2 aromatic rings. The van der Waals surface area contributed by atoms with Gasteiger partial charge in [0, 0.05) is 6.20 Å². The number of benzene rings is 2. The summed E-state index contributed by atoms with van der Waals surface area (Å²) in [5.74, 6) is 7.36. The highest BCUT2D eigenvalue weighted by molar-refractivity contribution is 5.66. The number of ether oxygens (including phenoxy) is 1. The van der Waals surface area contributed by atoms with Gasteiger partial charge in [0.1, 0.15) is 5.75 Å². The molecule has 0 spiro atoms. The van der Waals surface area contributed by atoms with Crippen LogP contribution in [0.15, 0.2) is 54.7 Å². The van der Waals surface area contributed by atoms with Crippen molar-refractivity contribution in [3.8, 4) is 5.75 Å². The third-order valence-corrected chi connectivity index (χ3v) is 3.54. The van der Waals surface area contributed by atoms with Crippen LogP contribution >= 0.6 is 0 Å². The number of anilines is 1. The SMILES string of the molecule is COc1ccc(/C(N)=C/N(N)c2cccc(C(C)C)c2)cc1. The summed E-state index contributed by atoms with van der Waals surface area (Å²) in [6.07, 6.45) is 1.72. The molecule has 116 valence electrons. The van der Waals surface area contributed by atoms with E-state index in [0.29, 0.717) is 11.6 Å². The summed E-state index contributed by atoms with van der Waals surface area (Å²) in [5, 5.41) is 1.55. The summed E-state index contributed by atoms with van der Waals surface area (Å²) in [5.41, 5.74) is 9.76. The summed E-state index contributed by atoms with van der Waals surface area (Å²) >= 11 is 0. The van der Waals surface area contributed by atoms with Crippen molar-refractivity contribution in [2.24, 2.45) is 11.6 Å². The number of rotatable bonds is 5. The Morgan fingerprint density at radius 3 is 2.41 bits per heavy atom. The van der Waals surface area contributed by atoms with Crippen molar-refractivity contribution in [1.82, 2.24) is 0 Å². The van der Waals surface area contributed by atoms with Gasteiger partial charge >= 0.3 is 0 Å². The molecule has 4 nitrogen and oxygen atoms in total. The van der Waals surface area contributed by atoms with Gasteiger partial charge in [-0.3, -0.25) is 5.01 Å². The van der Waals surface area contributed by atoms with Gasteiger partial charge in [0.05, 0.1) is 18.5 Å². The maximum atomic E-state index is 6.12. The first-order chi connectivity index (χ1) is 10.5. The van der Waals surface area contributed by atoms with Gasteiger partial charge in [0.15, 0.2) is 0 Å². The topological polar surface area (TPSA) is 64.5 Å². The average Bonchev–Trinajstić information content (AvgIpc) is 2.54. The van der Waals surface area contributed by atoms with Crippen molar-refractivity contribution in [3.63, 3.8) is 0 Å². The lowest BCUT2D eigenvalue weighted by molar-refractivity contribution is 0.415. The number of nitrogens with zero attached hydrogens (tertiary/aromatic N) is 1. The van der Waals surface area contributed by atoms with Gasteiger partial charge in [0.2, 0.25) is 0 Å². The highest BCUT2D eigenvalue weighted by Gasteiger charge is 2.05. The van der Waals surface area contributed by atoms with Gasteiger partial charge < -0.3 is 10.5 Å². The fourth-order valence-corrected chi connectivity index (χ4v) is 2.13. The Morgan fingerprint density at radius 1 is 1.14 bits per heavy atom. The summed E-state index contributed by atoms with van der Waals surface area (Å²) < 4.78 is 5.14. The third kappa shape index (κ3) is 3.80. The average molecular weight is 297 g/mol. The molecule has 4 heteroatoms. The number of hydrogen-bond acceptors (Lipinski definition) is 4. The molecular formula is C18H23N3O. The molecule has 0 atom stereocenters. The van der Waals surface area contributed by atoms with E-state index in [1.165, 1.54) is 5.56 Å². The number of hydrazine groups is 1. The molecule has 0 fully saturated rings. The van der Waals surface area contributed by atoms with Gasteiger partial charge in [-0.15, -0.1) is 0 Å². The molecule has 0 radical (unpaired) electrons. The largest absolute Gasteiger partial charge is 0.497 e. The second-order valence-corrected chi connectivity index (χ2v) is 5.47. The van der Waals surface area contributed by atoms with E-state index in [-0.39, 0.29) is 0 Å². The van der Waals surface area contributed by atoms with Crippen molar-refractivity contribution < 1.29 is 4.74 Å². The molecule has 0 aromatic heterocycles. The molecule has 0 aliphatic rings. The van der Waals surface area contributed by atoms with Crippen molar-refractivity contribution in [2.45, 2.75) is 19.8 Å². The quantitative estimate of drug-likeness (QED) is 0.655. The first-order valence-corrected chi connectivity index (χ1v) is 7.27. The minimum atomic E-state index is 0.455. The first-order valence-electron chi connectivity index (χ1n) is 7.27. The van der Waals surface area contributed by atoms with E-state index in [1.54, 1.807) is 18.3 Å². The highest BCUT2D eigenvalue weighted by atomic mass is 16.5. The molecule has 0 aliphatic carbocycles. The maximum absolute atomic E-state index is 6.12. The Kier molecular flexibility index (Phi) is 5.07. The minimum Gasteiger partial charge on any atom is -0.497 e. The van der Waals surface area contributed by atoms with Gasteiger partial charge in [-0.25, -0.2) is 5.84 Å². The van der Waals surface area contributed by atoms with Crippen LogP contribution in [-0.2, 0) is 0 Å². The Balaban J connectivity index is 2.21. The van der Waals surface area contributed by atoms with Crippen LogP contribution in [0, 0.1) is 0 Å². The second-order valence-electron chi connectivity index (χ2n) is 5.47. The lowest BCUT2D eigenvalue weighted by Gasteiger charge is -2.17. The van der Waals surface area contributed by atoms with E-state index >= 15 is 0 Å². The van der Waals surface area contributed by atoms with Crippen LogP contribution in [0.4, 0.5) is 5.69 Å². The lowest BCUT2D eigenvalue weighted by atomic mass is 10.0. The molecule has 0 saturated heterocycles. The summed E-state index contributed by atoms with van der Waals surface area (Å²) in [6, 6.07) is 15.7. The molecule has 22 heavy (non-hydrogen) atoms. The van der Waals surface area contributed by atoms with E-state index in [1.807, 2.05) is 36.4 Å². The lowest BCUT2D eigenvalue weighted by Crippen LogP contribution is -2.25. The fourth-order valence-electron chi connectivity index (χ4n) is 2.13. The molecule has 0 aliphatic heterocycles. The summed E-state index contributed by atoms with van der Waals surface area (Å²) in [7, 11) is 1.64. The van der Waals surface area contributed by atoms with Gasteiger partial charge in [-0.05, 0) is 53.4 Å². The van der Waals surface area contributed by atoms with Crippen LogP contribution in [0.3, 0.4) is 0 Å². The zero-order valence-corrected chi connectivity index (χ0v) is 13.3. The zero-order chi connectivity index (χ0) is 16.1. The van der Waals surface area contributed by atoms with E-state index in [9.17, 15) is 0 Å². The number of nitrogens with two attached hydrogens (primary N) is 2. The molecule has 0 heterocycles. The van der Waals surface area contributed by atoms with E-state index in [2.05, 4.69) is 26.0 Å². The van der Waals surface area contributed by atoms with E-state index < -0.39 is 0 Å². The van der Waals surface area contributed by atoms with Crippen molar-refractivity contribution in [1.29, 1.82) is 0 Å². The van der Waals surface area contributed by atoms with Gasteiger partial charge in [-0.1, -0.05) is 26.0 Å². The normalized spacial score (nSPS) is 11.6. The van der Waals surface area contributed by atoms with Gasteiger partial charge in [0.25, 0.3) is 0 Å². The van der Waals surface area contributed by atoms with Crippen LogP contribution in [0.2, 0.25) is 0 Å².